The Labute approximate surface area is 131 Å². The summed E-state index contributed by atoms with van der Waals surface area (Å²) in [6.45, 7) is 15.4. The standard InChI is InChI=1S/C18H29NOSi/c1-8-17(14(2)13-19)15-10-9-11-16(12-15)20-21(6,7)18(3,4)5/h9-12,14,17H,8H2,1-7H3. The molecule has 2 atom stereocenters. The molecule has 2 unspecified atom stereocenters. The van der Waals surface area contributed by atoms with E-state index in [1.54, 1.807) is 0 Å². The first kappa shape index (κ1) is 17.8. The summed E-state index contributed by atoms with van der Waals surface area (Å²) in [6.07, 6.45) is 0.971. The van der Waals surface area contributed by atoms with Gasteiger partial charge in [-0.1, -0.05) is 39.8 Å². The van der Waals surface area contributed by atoms with Crippen LogP contribution < -0.4 is 4.43 Å². The summed E-state index contributed by atoms with van der Waals surface area (Å²) in [5.41, 5.74) is 1.21. The van der Waals surface area contributed by atoms with Gasteiger partial charge in [0.25, 0.3) is 0 Å². The van der Waals surface area contributed by atoms with Gasteiger partial charge in [0, 0.05) is 0 Å². The minimum absolute atomic E-state index is 0.0260. The highest BCUT2D eigenvalue weighted by Gasteiger charge is 2.39. The molecule has 0 aliphatic carbocycles. The molecule has 0 aromatic heterocycles. The SMILES string of the molecule is CCC(c1cccc(O[Si](C)(C)C(C)(C)C)c1)C(C)C#N. The Balaban J connectivity index is 3.04. The Hall–Kier alpha value is -1.27. The van der Waals surface area contributed by atoms with Crippen LogP contribution in [-0.2, 0) is 0 Å². The minimum Gasteiger partial charge on any atom is -0.543 e. The molecule has 0 saturated heterocycles. The van der Waals surface area contributed by atoms with Crippen LogP contribution in [0.15, 0.2) is 24.3 Å². The smallest absolute Gasteiger partial charge is 0.250 e. The van der Waals surface area contributed by atoms with Crippen LogP contribution in [-0.4, -0.2) is 8.32 Å². The Morgan fingerprint density at radius 2 is 1.90 bits per heavy atom. The fourth-order valence-corrected chi connectivity index (χ4v) is 3.25. The fraction of sp³-hybridized carbons (Fsp3) is 0.611. The summed E-state index contributed by atoms with van der Waals surface area (Å²) in [5.74, 6) is 1.25. The van der Waals surface area contributed by atoms with Crippen molar-refractivity contribution in [2.75, 3.05) is 0 Å². The number of nitrogens with zero attached hydrogens (tertiary/aromatic N) is 1. The third-order valence-electron chi connectivity index (χ3n) is 4.71. The maximum atomic E-state index is 9.19. The highest BCUT2D eigenvalue weighted by molar-refractivity contribution is 6.74. The van der Waals surface area contributed by atoms with Gasteiger partial charge in [0.15, 0.2) is 0 Å². The molecule has 0 radical (unpaired) electrons. The van der Waals surface area contributed by atoms with E-state index in [4.69, 9.17) is 4.43 Å². The number of nitriles is 1. The van der Waals surface area contributed by atoms with Gasteiger partial charge in [-0.2, -0.15) is 5.26 Å². The van der Waals surface area contributed by atoms with E-state index in [0.29, 0.717) is 0 Å². The molecule has 0 spiro atoms. The highest BCUT2D eigenvalue weighted by Crippen LogP contribution is 2.38. The average molecular weight is 304 g/mol. The third kappa shape index (κ3) is 4.34. The van der Waals surface area contributed by atoms with Gasteiger partial charge in [0.2, 0.25) is 8.32 Å². The molecule has 3 heteroatoms. The van der Waals surface area contributed by atoms with E-state index in [2.05, 4.69) is 59.0 Å². The van der Waals surface area contributed by atoms with Crippen molar-refractivity contribution in [3.63, 3.8) is 0 Å². The summed E-state index contributed by atoms with van der Waals surface area (Å²) >= 11 is 0. The van der Waals surface area contributed by atoms with E-state index in [0.717, 1.165) is 12.2 Å². The summed E-state index contributed by atoms with van der Waals surface area (Å²) in [7, 11) is -1.81. The van der Waals surface area contributed by atoms with Crippen LogP contribution in [0.5, 0.6) is 5.75 Å². The van der Waals surface area contributed by atoms with Crippen molar-refractivity contribution >= 4 is 8.32 Å². The molecular weight excluding hydrogens is 274 g/mol. The van der Waals surface area contributed by atoms with Crippen LogP contribution in [0.25, 0.3) is 0 Å². The summed E-state index contributed by atoms with van der Waals surface area (Å²) in [6, 6.07) is 10.7. The average Bonchev–Trinajstić information content (AvgIpc) is 2.38. The first-order valence-corrected chi connectivity index (χ1v) is 10.7. The van der Waals surface area contributed by atoms with E-state index >= 15 is 0 Å². The number of benzene rings is 1. The van der Waals surface area contributed by atoms with Gasteiger partial charge in [-0.15, -0.1) is 0 Å². The zero-order valence-corrected chi connectivity index (χ0v) is 15.5. The lowest BCUT2D eigenvalue weighted by Gasteiger charge is -2.36. The van der Waals surface area contributed by atoms with Gasteiger partial charge in [0.05, 0.1) is 12.0 Å². The predicted molar refractivity (Wildman–Crippen MR) is 92.1 cm³/mol. The van der Waals surface area contributed by atoms with E-state index in [9.17, 15) is 5.26 Å². The lowest BCUT2D eigenvalue weighted by molar-refractivity contribution is 0.487. The molecule has 1 rings (SSSR count). The second kappa shape index (κ2) is 6.66. The molecule has 1 aromatic rings. The molecular formula is C18H29NOSi. The monoisotopic (exact) mass is 303 g/mol. The van der Waals surface area contributed by atoms with Gasteiger partial charge in [-0.3, -0.25) is 0 Å². The predicted octanol–water partition coefficient (Wildman–Crippen LogP) is 5.72. The van der Waals surface area contributed by atoms with Gasteiger partial charge in [-0.25, -0.2) is 0 Å². The van der Waals surface area contributed by atoms with Gasteiger partial charge in [-0.05, 0) is 55.1 Å². The number of hydrogen-bond acceptors (Lipinski definition) is 2. The van der Waals surface area contributed by atoms with Gasteiger partial charge >= 0.3 is 0 Å². The van der Waals surface area contributed by atoms with Crippen molar-refractivity contribution in [2.24, 2.45) is 5.92 Å². The Morgan fingerprint density at radius 1 is 1.29 bits per heavy atom. The zero-order valence-electron chi connectivity index (χ0n) is 14.5. The summed E-state index contributed by atoms with van der Waals surface area (Å²) in [5, 5.41) is 9.37. The molecule has 0 N–H and O–H groups in total. The molecule has 0 saturated carbocycles. The van der Waals surface area contributed by atoms with Crippen molar-refractivity contribution < 1.29 is 4.43 Å². The normalized spacial score (nSPS) is 15.1. The van der Waals surface area contributed by atoms with Crippen LogP contribution in [0.4, 0.5) is 0 Å². The van der Waals surface area contributed by atoms with Crippen molar-refractivity contribution in [3.05, 3.63) is 29.8 Å². The highest BCUT2D eigenvalue weighted by atomic mass is 28.4. The fourth-order valence-electron chi connectivity index (χ4n) is 2.22. The second-order valence-electron chi connectivity index (χ2n) is 7.37. The quantitative estimate of drug-likeness (QED) is 0.651. The maximum Gasteiger partial charge on any atom is 0.250 e. The van der Waals surface area contributed by atoms with Crippen molar-refractivity contribution in [2.45, 2.75) is 65.1 Å². The lowest BCUT2D eigenvalue weighted by Crippen LogP contribution is -2.43. The Kier molecular flexibility index (Phi) is 5.64. The van der Waals surface area contributed by atoms with E-state index in [1.165, 1.54) is 5.56 Å². The molecule has 0 heterocycles. The van der Waals surface area contributed by atoms with Gasteiger partial charge in [0.1, 0.15) is 5.75 Å². The van der Waals surface area contributed by atoms with Gasteiger partial charge < -0.3 is 4.43 Å². The minimum atomic E-state index is -1.81. The number of hydrogen-bond donors (Lipinski definition) is 0. The van der Waals surface area contributed by atoms with Crippen LogP contribution in [0.1, 0.15) is 52.5 Å². The first-order chi connectivity index (χ1) is 9.62. The first-order valence-electron chi connectivity index (χ1n) is 7.81. The van der Waals surface area contributed by atoms with Crippen LogP contribution in [0.3, 0.4) is 0 Å². The largest absolute Gasteiger partial charge is 0.543 e. The van der Waals surface area contributed by atoms with Crippen molar-refractivity contribution in [1.29, 1.82) is 5.26 Å². The topological polar surface area (TPSA) is 33.0 Å². The van der Waals surface area contributed by atoms with Crippen molar-refractivity contribution in [1.82, 2.24) is 0 Å². The van der Waals surface area contributed by atoms with Crippen LogP contribution in [0.2, 0.25) is 18.1 Å². The molecule has 0 aliphatic rings. The van der Waals surface area contributed by atoms with Crippen LogP contribution in [0, 0.1) is 17.2 Å². The van der Waals surface area contributed by atoms with Crippen LogP contribution >= 0.6 is 0 Å². The Bertz CT molecular complexity index is 511. The molecule has 116 valence electrons. The molecule has 21 heavy (non-hydrogen) atoms. The van der Waals surface area contributed by atoms with E-state index in [-0.39, 0.29) is 16.9 Å². The molecule has 2 nitrogen and oxygen atoms in total. The molecule has 0 amide bonds. The number of rotatable bonds is 5. The second-order valence-corrected chi connectivity index (χ2v) is 12.1. The van der Waals surface area contributed by atoms with Crippen molar-refractivity contribution in [3.8, 4) is 11.8 Å². The van der Waals surface area contributed by atoms with E-state index < -0.39 is 8.32 Å². The summed E-state index contributed by atoms with van der Waals surface area (Å²) in [4.78, 5) is 0. The third-order valence-corrected chi connectivity index (χ3v) is 9.07. The summed E-state index contributed by atoms with van der Waals surface area (Å²) < 4.78 is 6.37. The Morgan fingerprint density at radius 3 is 2.38 bits per heavy atom. The lowest BCUT2D eigenvalue weighted by atomic mass is 9.86. The molecule has 0 aliphatic heterocycles. The van der Waals surface area contributed by atoms with E-state index in [1.807, 2.05) is 19.1 Å². The molecule has 0 fully saturated rings. The molecule has 0 bridgehead atoms. The maximum absolute atomic E-state index is 9.19. The zero-order chi connectivity index (χ0) is 16.3. The molecule has 1 aromatic carbocycles.